The van der Waals surface area contributed by atoms with Crippen molar-refractivity contribution in [3.8, 4) is 0 Å². The summed E-state index contributed by atoms with van der Waals surface area (Å²) in [5.41, 5.74) is -0.0893. The van der Waals surface area contributed by atoms with E-state index in [9.17, 15) is 9.59 Å². The maximum Gasteiger partial charge on any atom is 0.407 e. The molecule has 1 fully saturated rings. The van der Waals surface area contributed by atoms with Gasteiger partial charge >= 0.3 is 6.09 Å². The van der Waals surface area contributed by atoms with Crippen molar-refractivity contribution >= 4 is 16.9 Å². The van der Waals surface area contributed by atoms with E-state index in [-0.39, 0.29) is 17.7 Å². The number of piperidine rings is 1. The highest BCUT2D eigenvalue weighted by molar-refractivity contribution is 5.80. The number of amides is 1. The zero-order valence-electron chi connectivity index (χ0n) is 13.8. The SMILES string of the molecule is CCOC(=O)N[C@@H]1CCCN(Cn2ncc3ccccc3c2=O)C1. The molecule has 0 spiro atoms. The zero-order chi connectivity index (χ0) is 16.9. The second-order valence-electron chi connectivity index (χ2n) is 5.96. The molecule has 1 saturated heterocycles. The lowest BCUT2D eigenvalue weighted by Crippen LogP contribution is -2.49. The first-order chi connectivity index (χ1) is 11.7. The summed E-state index contributed by atoms with van der Waals surface area (Å²) in [7, 11) is 0. The Balaban J connectivity index is 1.68. The average molecular weight is 330 g/mol. The fourth-order valence-electron chi connectivity index (χ4n) is 3.06. The second-order valence-corrected chi connectivity index (χ2v) is 5.96. The van der Waals surface area contributed by atoms with E-state index in [2.05, 4.69) is 15.3 Å². The largest absolute Gasteiger partial charge is 0.450 e. The Morgan fingerprint density at radius 1 is 1.42 bits per heavy atom. The predicted molar refractivity (Wildman–Crippen MR) is 90.8 cm³/mol. The Kier molecular flexibility index (Phi) is 5.10. The first kappa shape index (κ1) is 16.4. The monoisotopic (exact) mass is 330 g/mol. The smallest absolute Gasteiger partial charge is 0.407 e. The van der Waals surface area contributed by atoms with Crippen LogP contribution in [0, 0.1) is 0 Å². The summed E-state index contributed by atoms with van der Waals surface area (Å²) in [6.07, 6.45) is 3.20. The molecule has 7 nitrogen and oxygen atoms in total. The number of hydrogen-bond acceptors (Lipinski definition) is 5. The van der Waals surface area contributed by atoms with E-state index in [4.69, 9.17) is 4.74 Å². The number of carbonyl (C=O) groups excluding carboxylic acids is 1. The number of ether oxygens (including phenoxy) is 1. The van der Waals surface area contributed by atoms with Crippen molar-refractivity contribution in [1.29, 1.82) is 0 Å². The summed E-state index contributed by atoms with van der Waals surface area (Å²) in [6, 6.07) is 7.48. The van der Waals surface area contributed by atoms with Crippen molar-refractivity contribution in [2.75, 3.05) is 19.7 Å². The van der Waals surface area contributed by atoms with Crippen LogP contribution < -0.4 is 10.9 Å². The van der Waals surface area contributed by atoms with Gasteiger partial charge in [0, 0.05) is 24.5 Å². The van der Waals surface area contributed by atoms with Gasteiger partial charge in [0.25, 0.3) is 5.56 Å². The molecule has 2 heterocycles. The molecule has 128 valence electrons. The molecule has 1 atom stereocenters. The predicted octanol–water partition coefficient (Wildman–Crippen LogP) is 1.56. The molecule has 1 aromatic heterocycles. The van der Waals surface area contributed by atoms with Gasteiger partial charge in [-0.1, -0.05) is 18.2 Å². The Hall–Kier alpha value is -2.41. The fraction of sp³-hybridized carbons (Fsp3) is 0.471. The van der Waals surface area contributed by atoms with Gasteiger partial charge in [0.05, 0.1) is 24.9 Å². The molecular formula is C17H22N4O3. The molecule has 0 radical (unpaired) electrons. The molecule has 1 aliphatic rings. The first-order valence-corrected chi connectivity index (χ1v) is 8.28. The standard InChI is InChI=1S/C17H22N4O3/c1-2-24-17(23)19-14-7-5-9-20(11-14)12-21-16(22)15-8-4-3-6-13(15)10-18-21/h3-4,6,8,10,14H,2,5,7,9,11-12H2,1H3,(H,19,23)/t14-/m1/s1. The lowest BCUT2D eigenvalue weighted by molar-refractivity contribution is 0.120. The third-order valence-corrected chi connectivity index (χ3v) is 4.20. The Morgan fingerprint density at radius 2 is 2.25 bits per heavy atom. The number of benzene rings is 1. The fourth-order valence-corrected chi connectivity index (χ4v) is 3.06. The van der Waals surface area contributed by atoms with Crippen LogP contribution in [0.25, 0.3) is 10.8 Å². The number of aromatic nitrogens is 2. The normalized spacial score (nSPS) is 18.5. The summed E-state index contributed by atoms with van der Waals surface area (Å²) in [6.45, 7) is 4.12. The molecule has 0 unspecified atom stereocenters. The molecule has 1 aliphatic heterocycles. The van der Waals surface area contributed by atoms with E-state index in [0.717, 1.165) is 24.8 Å². The van der Waals surface area contributed by atoms with E-state index >= 15 is 0 Å². The molecule has 0 aliphatic carbocycles. The number of rotatable bonds is 4. The summed E-state index contributed by atoms with van der Waals surface area (Å²) < 4.78 is 6.41. The van der Waals surface area contributed by atoms with Crippen LogP contribution >= 0.6 is 0 Å². The van der Waals surface area contributed by atoms with Crippen LogP contribution in [0.1, 0.15) is 19.8 Å². The van der Waals surface area contributed by atoms with Crippen molar-refractivity contribution in [3.63, 3.8) is 0 Å². The number of nitrogens with zero attached hydrogens (tertiary/aromatic N) is 3. The topological polar surface area (TPSA) is 76.5 Å². The average Bonchev–Trinajstić information content (AvgIpc) is 2.58. The molecule has 0 bridgehead atoms. The molecule has 1 amide bonds. The maximum absolute atomic E-state index is 12.5. The van der Waals surface area contributed by atoms with E-state index in [0.29, 0.717) is 25.2 Å². The molecular weight excluding hydrogens is 308 g/mol. The van der Waals surface area contributed by atoms with Gasteiger partial charge in [-0.15, -0.1) is 0 Å². The minimum absolute atomic E-state index is 0.0361. The zero-order valence-corrected chi connectivity index (χ0v) is 13.8. The lowest BCUT2D eigenvalue weighted by Gasteiger charge is -2.32. The summed E-state index contributed by atoms with van der Waals surface area (Å²) in [5.74, 6) is 0. The Morgan fingerprint density at radius 3 is 3.08 bits per heavy atom. The van der Waals surface area contributed by atoms with Crippen LogP contribution in [-0.2, 0) is 11.4 Å². The molecule has 1 N–H and O–H groups in total. The van der Waals surface area contributed by atoms with E-state index in [1.165, 1.54) is 4.68 Å². The highest BCUT2D eigenvalue weighted by atomic mass is 16.5. The molecule has 3 rings (SSSR count). The number of alkyl carbamates (subject to hydrolysis) is 1. The van der Waals surface area contributed by atoms with Gasteiger partial charge in [0.15, 0.2) is 0 Å². The van der Waals surface area contributed by atoms with Gasteiger partial charge < -0.3 is 10.1 Å². The van der Waals surface area contributed by atoms with E-state index in [1.807, 2.05) is 24.3 Å². The molecule has 1 aromatic carbocycles. The minimum Gasteiger partial charge on any atom is -0.450 e. The van der Waals surface area contributed by atoms with Crippen LogP contribution in [0.3, 0.4) is 0 Å². The van der Waals surface area contributed by atoms with Crippen LogP contribution in [0.4, 0.5) is 4.79 Å². The van der Waals surface area contributed by atoms with Crippen LogP contribution in [0.2, 0.25) is 0 Å². The quantitative estimate of drug-likeness (QED) is 0.921. The maximum atomic E-state index is 12.5. The van der Waals surface area contributed by atoms with Gasteiger partial charge in [-0.2, -0.15) is 5.10 Å². The van der Waals surface area contributed by atoms with Crippen LogP contribution in [-0.4, -0.2) is 46.5 Å². The lowest BCUT2D eigenvalue weighted by atomic mass is 10.1. The Labute approximate surface area is 140 Å². The van der Waals surface area contributed by atoms with Gasteiger partial charge in [-0.3, -0.25) is 9.69 Å². The number of fused-ring (bicyclic) bond motifs is 1. The van der Waals surface area contributed by atoms with Gasteiger partial charge in [0.2, 0.25) is 0 Å². The summed E-state index contributed by atoms with van der Waals surface area (Å²) in [4.78, 5) is 26.2. The highest BCUT2D eigenvalue weighted by Crippen LogP contribution is 2.12. The molecule has 7 heteroatoms. The molecule has 0 saturated carbocycles. The van der Waals surface area contributed by atoms with Crippen molar-refractivity contribution in [3.05, 3.63) is 40.8 Å². The number of likely N-dealkylation sites (tertiary alicyclic amines) is 1. The summed E-state index contributed by atoms with van der Waals surface area (Å²) in [5, 5.41) is 8.65. The van der Waals surface area contributed by atoms with Crippen molar-refractivity contribution in [2.24, 2.45) is 0 Å². The van der Waals surface area contributed by atoms with E-state index in [1.54, 1.807) is 13.1 Å². The van der Waals surface area contributed by atoms with Gasteiger partial charge in [0.1, 0.15) is 0 Å². The number of nitrogens with one attached hydrogen (secondary N) is 1. The third kappa shape index (κ3) is 3.73. The van der Waals surface area contributed by atoms with E-state index < -0.39 is 0 Å². The van der Waals surface area contributed by atoms with Crippen molar-refractivity contribution in [1.82, 2.24) is 20.0 Å². The second kappa shape index (κ2) is 7.44. The van der Waals surface area contributed by atoms with Crippen LogP contribution in [0.15, 0.2) is 35.3 Å². The van der Waals surface area contributed by atoms with Crippen LogP contribution in [0.5, 0.6) is 0 Å². The van der Waals surface area contributed by atoms with Crippen molar-refractivity contribution in [2.45, 2.75) is 32.5 Å². The van der Waals surface area contributed by atoms with Gasteiger partial charge in [-0.25, -0.2) is 9.48 Å². The number of carbonyl (C=O) groups is 1. The highest BCUT2D eigenvalue weighted by Gasteiger charge is 2.22. The van der Waals surface area contributed by atoms with Crippen molar-refractivity contribution < 1.29 is 9.53 Å². The van der Waals surface area contributed by atoms with Gasteiger partial charge in [-0.05, 0) is 25.8 Å². The summed E-state index contributed by atoms with van der Waals surface area (Å²) >= 11 is 0. The third-order valence-electron chi connectivity index (χ3n) is 4.20. The molecule has 2 aromatic rings. The minimum atomic E-state index is -0.384. The Bertz CT molecular complexity index is 774. The first-order valence-electron chi connectivity index (χ1n) is 8.28. The molecule has 24 heavy (non-hydrogen) atoms. The number of hydrogen-bond donors (Lipinski definition) is 1.